The van der Waals surface area contributed by atoms with Crippen LogP contribution in [0.5, 0.6) is 0 Å². The van der Waals surface area contributed by atoms with E-state index in [0.717, 1.165) is 12.8 Å². The van der Waals surface area contributed by atoms with Crippen molar-refractivity contribution in [2.75, 3.05) is 11.4 Å². The summed E-state index contributed by atoms with van der Waals surface area (Å²) in [5.41, 5.74) is 6.03. The van der Waals surface area contributed by atoms with Crippen molar-refractivity contribution in [1.29, 1.82) is 5.53 Å². The van der Waals surface area contributed by atoms with E-state index in [1.165, 1.54) is 15.5 Å². The highest BCUT2D eigenvalue weighted by atomic mass is 16.4. The van der Waals surface area contributed by atoms with Crippen molar-refractivity contribution in [3.63, 3.8) is 0 Å². The molecule has 120 valence electrons. The zero-order valence-electron chi connectivity index (χ0n) is 13.1. The van der Waals surface area contributed by atoms with Gasteiger partial charge >= 0.3 is 6.09 Å². The summed E-state index contributed by atoms with van der Waals surface area (Å²) in [6.07, 6.45) is 1.98. The summed E-state index contributed by atoms with van der Waals surface area (Å²) in [5.74, 6) is 0. The summed E-state index contributed by atoms with van der Waals surface area (Å²) in [6.45, 7) is 6.30. The third-order valence-electron chi connectivity index (χ3n) is 3.08. The van der Waals surface area contributed by atoms with E-state index < -0.39 is 11.6 Å². The number of unbranched alkanes of at least 4 members (excludes halogenated alkanes) is 1. The fourth-order valence-corrected chi connectivity index (χ4v) is 2.12. The highest BCUT2D eigenvalue weighted by Gasteiger charge is 2.28. The molecule has 1 amide bonds. The quantitative estimate of drug-likeness (QED) is 0.478. The molecule has 1 heterocycles. The molecule has 1 aromatic rings. The minimum atomic E-state index is -1.09. The topological polar surface area (TPSA) is 113 Å². The van der Waals surface area contributed by atoms with E-state index in [1.807, 2.05) is 0 Å². The maximum Gasteiger partial charge on any atom is 0.412 e. The zero-order valence-corrected chi connectivity index (χ0v) is 13.1. The van der Waals surface area contributed by atoms with Gasteiger partial charge in [0.05, 0.1) is 5.69 Å². The van der Waals surface area contributed by atoms with Gasteiger partial charge in [0.25, 0.3) is 5.56 Å². The Morgan fingerprint density at radius 1 is 1.45 bits per heavy atom. The second-order valence-electron chi connectivity index (χ2n) is 5.88. The zero-order chi connectivity index (χ0) is 16.8. The van der Waals surface area contributed by atoms with Crippen LogP contribution >= 0.6 is 0 Å². The summed E-state index contributed by atoms with van der Waals surface area (Å²) >= 11 is 0. The summed E-state index contributed by atoms with van der Waals surface area (Å²) in [5, 5.41) is 12.9. The van der Waals surface area contributed by atoms with Crippen molar-refractivity contribution in [3.8, 4) is 0 Å². The number of carbonyl (C=O) groups is 1. The SMILES string of the molecule is CC(C)(C)N(C(=O)O)c1ccn(CCCCN=[N+]=N)c(=O)c1. The standard InChI is InChI=1S/C14H21N5O3/c1-14(2,3)19(13(21)22)11-6-9-18(12(20)10-11)8-5-4-7-16-17-15/h6,9-10,15H,4-5,7-8H2,1-3H3/p+1. The molecule has 8 nitrogen and oxygen atoms in total. The van der Waals surface area contributed by atoms with Gasteiger partial charge in [0.2, 0.25) is 4.91 Å². The van der Waals surface area contributed by atoms with Crippen LogP contribution in [0.25, 0.3) is 0 Å². The molecule has 0 aliphatic heterocycles. The Hall–Kier alpha value is -2.47. The van der Waals surface area contributed by atoms with Gasteiger partial charge in [0, 0.05) is 24.3 Å². The lowest BCUT2D eigenvalue weighted by molar-refractivity contribution is 0.195. The first-order chi connectivity index (χ1) is 10.3. The molecular weight excluding hydrogens is 286 g/mol. The molecule has 2 N–H and O–H groups in total. The number of rotatable bonds is 6. The van der Waals surface area contributed by atoms with Gasteiger partial charge in [0.15, 0.2) is 0 Å². The van der Waals surface area contributed by atoms with Crippen molar-refractivity contribution in [3.05, 3.63) is 28.7 Å². The van der Waals surface area contributed by atoms with Gasteiger partial charge in [0.1, 0.15) is 17.2 Å². The first-order valence-electron chi connectivity index (χ1n) is 7.04. The van der Waals surface area contributed by atoms with Crippen LogP contribution in [-0.2, 0) is 6.54 Å². The Morgan fingerprint density at radius 2 is 2.14 bits per heavy atom. The third kappa shape index (κ3) is 4.82. The number of carboxylic acid groups (broad SMARTS) is 1. The van der Waals surface area contributed by atoms with Crippen LogP contribution in [0.3, 0.4) is 0 Å². The lowest BCUT2D eigenvalue weighted by atomic mass is 10.1. The van der Waals surface area contributed by atoms with Gasteiger partial charge < -0.3 is 9.67 Å². The van der Waals surface area contributed by atoms with Crippen LogP contribution < -0.4 is 15.4 Å². The molecule has 0 aromatic carbocycles. The Kier molecular flexibility index (Phi) is 6.00. The molecule has 0 spiro atoms. The lowest BCUT2D eigenvalue weighted by Gasteiger charge is -2.33. The van der Waals surface area contributed by atoms with E-state index in [0.29, 0.717) is 18.8 Å². The highest BCUT2D eigenvalue weighted by Crippen LogP contribution is 2.22. The number of aryl methyl sites for hydroxylation is 1. The fraction of sp³-hybridized carbons (Fsp3) is 0.571. The van der Waals surface area contributed by atoms with Crippen LogP contribution in [0, 0.1) is 5.53 Å². The fourth-order valence-electron chi connectivity index (χ4n) is 2.12. The van der Waals surface area contributed by atoms with E-state index in [9.17, 15) is 14.7 Å². The maximum absolute atomic E-state index is 12.1. The normalized spacial score (nSPS) is 10.9. The van der Waals surface area contributed by atoms with Gasteiger partial charge in [-0.2, -0.15) is 0 Å². The van der Waals surface area contributed by atoms with Crippen molar-refractivity contribution in [1.82, 2.24) is 9.48 Å². The molecule has 0 aliphatic carbocycles. The number of hydrogen-bond donors (Lipinski definition) is 2. The molecule has 0 fully saturated rings. The van der Waals surface area contributed by atoms with Crippen LogP contribution in [-0.4, -0.2) is 27.9 Å². The molecule has 0 atom stereocenters. The summed E-state index contributed by atoms with van der Waals surface area (Å²) in [6, 6.07) is 2.97. The second kappa shape index (κ2) is 7.51. The molecule has 0 saturated heterocycles. The highest BCUT2D eigenvalue weighted by molar-refractivity contribution is 5.87. The first kappa shape index (κ1) is 17.6. The Bertz CT molecular complexity index is 626. The summed E-state index contributed by atoms with van der Waals surface area (Å²) < 4.78 is 1.53. The number of nitrogens with zero attached hydrogens (tertiary/aromatic N) is 4. The number of nitrogens with one attached hydrogen (secondary N) is 1. The number of pyridine rings is 1. The van der Waals surface area contributed by atoms with Crippen LogP contribution in [0.1, 0.15) is 33.6 Å². The Balaban J connectivity index is 2.87. The molecular formula is C14H22N5O3+. The van der Waals surface area contributed by atoms with Gasteiger partial charge in [-0.1, -0.05) is 0 Å². The monoisotopic (exact) mass is 308 g/mol. The van der Waals surface area contributed by atoms with Gasteiger partial charge in [-0.3, -0.25) is 9.69 Å². The molecule has 1 rings (SSSR count). The van der Waals surface area contributed by atoms with Crippen molar-refractivity contribution >= 4 is 11.8 Å². The largest absolute Gasteiger partial charge is 0.465 e. The van der Waals surface area contributed by atoms with Gasteiger partial charge in [-0.15, -0.1) is 0 Å². The van der Waals surface area contributed by atoms with E-state index in [4.69, 9.17) is 5.53 Å². The molecule has 0 aliphatic rings. The predicted molar refractivity (Wildman–Crippen MR) is 82.3 cm³/mol. The average molecular weight is 308 g/mol. The van der Waals surface area contributed by atoms with E-state index >= 15 is 0 Å². The smallest absolute Gasteiger partial charge is 0.412 e. The molecule has 22 heavy (non-hydrogen) atoms. The van der Waals surface area contributed by atoms with Crippen LogP contribution in [0.2, 0.25) is 0 Å². The van der Waals surface area contributed by atoms with Crippen LogP contribution in [0.4, 0.5) is 10.5 Å². The molecule has 8 heteroatoms. The first-order valence-corrected chi connectivity index (χ1v) is 7.04. The van der Waals surface area contributed by atoms with Gasteiger partial charge in [-0.05, 0) is 39.7 Å². The predicted octanol–water partition coefficient (Wildman–Crippen LogP) is 2.46. The molecule has 0 radical (unpaired) electrons. The lowest BCUT2D eigenvalue weighted by Crippen LogP contribution is -2.45. The number of anilines is 1. The van der Waals surface area contributed by atoms with Crippen molar-refractivity contribution in [2.45, 2.75) is 45.7 Å². The van der Waals surface area contributed by atoms with E-state index in [1.54, 1.807) is 33.0 Å². The Labute approximate surface area is 128 Å². The molecule has 0 saturated carbocycles. The second-order valence-corrected chi connectivity index (χ2v) is 5.88. The number of amides is 1. The minimum Gasteiger partial charge on any atom is -0.465 e. The van der Waals surface area contributed by atoms with Crippen molar-refractivity contribution in [2.24, 2.45) is 5.11 Å². The average Bonchev–Trinajstić information content (AvgIpc) is 2.38. The van der Waals surface area contributed by atoms with Gasteiger partial charge in [-0.25, -0.2) is 4.79 Å². The summed E-state index contributed by atoms with van der Waals surface area (Å²) in [4.78, 5) is 27.6. The number of hydrogen-bond acceptors (Lipinski definition) is 4. The molecule has 0 bridgehead atoms. The molecule has 0 unspecified atom stereocenters. The number of aromatic nitrogens is 1. The van der Waals surface area contributed by atoms with E-state index in [-0.39, 0.29) is 5.56 Å². The minimum absolute atomic E-state index is 0.241. The van der Waals surface area contributed by atoms with E-state index in [2.05, 4.69) is 10.0 Å². The Morgan fingerprint density at radius 3 is 2.64 bits per heavy atom. The van der Waals surface area contributed by atoms with Crippen molar-refractivity contribution < 1.29 is 9.90 Å². The van der Waals surface area contributed by atoms with Crippen LogP contribution in [0.15, 0.2) is 28.2 Å². The molecule has 1 aromatic heterocycles. The maximum atomic E-state index is 12.1. The third-order valence-corrected chi connectivity index (χ3v) is 3.08. The summed E-state index contributed by atoms with van der Waals surface area (Å²) in [7, 11) is 0.